The molecule has 2 unspecified atom stereocenters. The second-order valence-corrected chi connectivity index (χ2v) is 5.85. The van der Waals surface area contributed by atoms with Crippen molar-refractivity contribution in [2.75, 3.05) is 6.54 Å². The molecule has 118 valence electrons. The molecule has 1 heterocycles. The minimum atomic E-state index is -0.357. The van der Waals surface area contributed by atoms with Gasteiger partial charge < -0.3 is 10.6 Å². The smallest absolute Gasteiger partial charge is 0.247 e. The van der Waals surface area contributed by atoms with Crippen LogP contribution in [-0.4, -0.2) is 29.3 Å². The largest absolute Gasteiger partial charge is 0.369 e. The number of amides is 2. The Labute approximate surface area is 129 Å². The fourth-order valence-corrected chi connectivity index (χ4v) is 2.71. The van der Waals surface area contributed by atoms with Crippen molar-refractivity contribution < 1.29 is 14.0 Å². The molecule has 0 spiro atoms. The van der Waals surface area contributed by atoms with Crippen LogP contribution in [0, 0.1) is 11.7 Å². The highest BCUT2D eigenvalue weighted by Gasteiger charge is 2.30. The molecule has 2 rings (SSSR count). The van der Waals surface area contributed by atoms with Crippen LogP contribution in [-0.2, 0) is 9.59 Å². The first-order chi connectivity index (χ1) is 10.4. The van der Waals surface area contributed by atoms with Crippen molar-refractivity contribution in [3.63, 3.8) is 0 Å². The predicted octanol–water partition coefficient (Wildman–Crippen LogP) is 2.34. The number of nitrogens with two attached hydrogens (primary N) is 1. The molecule has 0 bridgehead atoms. The van der Waals surface area contributed by atoms with Crippen LogP contribution < -0.4 is 5.73 Å². The van der Waals surface area contributed by atoms with Crippen molar-refractivity contribution in [1.29, 1.82) is 0 Å². The van der Waals surface area contributed by atoms with Crippen molar-refractivity contribution in [1.82, 2.24) is 4.90 Å². The van der Waals surface area contributed by atoms with Gasteiger partial charge in [0.1, 0.15) is 5.82 Å². The zero-order valence-electron chi connectivity index (χ0n) is 12.9. The number of primary amides is 1. The molecule has 1 aliphatic heterocycles. The average molecular weight is 304 g/mol. The summed E-state index contributed by atoms with van der Waals surface area (Å²) in [7, 11) is 0. The fourth-order valence-electron chi connectivity index (χ4n) is 2.71. The second kappa shape index (κ2) is 6.73. The highest BCUT2D eigenvalue weighted by Crippen LogP contribution is 2.23. The molecule has 1 saturated heterocycles. The lowest BCUT2D eigenvalue weighted by Gasteiger charge is -2.36. The van der Waals surface area contributed by atoms with Gasteiger partial charge in [-0.15, -0.1) is 0 Å². The van der Waals surface area contributed by atoms with Gasteiger partial charge in [0, 0.05) is 18.7 Å². The number of allylic oxidation sites excluding steroid dienone is 1. The first-order valence-corrected chi connectivity index (χ1v) is 7.42. The van der Waals surface area contributed by atoms with Gasteiger partial charge in [0.15, 0.2) is 0 Å². The summed E-state index contributed by atoms with van der Waals surface area (Å²) in [5.74, 6) is -1.08. The number of likely N-dealkylation sites (tertiary alicyclic amines) is 1. The van der Waals surface area contributed by atoms with Gasteiger partial charge in [-0.05, 0) is 50.0 Å². The standard InChI is InChI=1S/C17H21FN2O2/c1-11(13-5-7-15(18)8-6-13)9-16(21)20-10-14(17(19)22)4-3-12(20)2/h5-9,12,14H,3-4,10H2,1-2H3,(H2,19,22). The third-order valence-corrected chi connectivity index (χ3v) is 4.21. The lowest BCUT2D eigenvalue weighted by Crippen LogP contribution is -2.48. The number of piperidine rings is 1. The van der Waals surface area contributed by atoms with E-state index in [0.29, 0.717) is 6.54 Å². The Kier molecular flexibility index (Phi) is 4.96. The molecule has 0 radical (unpaired) electrons. The van der Waals surface area contributed by atoms with Crippen molar-refractivity contribution in [2.24, 2.45) is 11.7 Å². The Morgan fingerprint density at radius 2 is 1.91 bits per heavy atom. The van der Waals surface area contributed by atoms with E-state index in [9.17, 15) is 14.0 Å². The summed E-state index contributed by atoms with van der Waals surface area (Å²) in [4.78, 5) is 25.5. The van der Waals surface area contributed by atoms with E-state index in [0.717, 1.165) is 24.0 Å². The molecule has 5 heteroatoms. The van der Waals surface area contributed by atoms with Gasteiger partial charge in [-0.3, -0.25) is 9.59 Å². The van der Waals surface area contributed by atoms with Crippen molar-refractivity contribution in [3.05, 3.63) is 41.7 Å². The minimum absolute atomic E-state index is 0.0837. The summed E-state index contributed by atoms with van der Waals surface area (Å²) in [5, 5.41) is 0. The van der Waals surface area contributed by atoms with Gasteiger partial charge in [-0.2, -0.15) is 0 Å². The maximum Gasteiger partial charge on any atom is 0.247 e. The number of halogens is 1. The monoisotopic (exact) mass is 304 g/mol. The number of rotatable bonds is 3. The van der Waals surface area contributed by atoms with Crippen molar-refractivity contribution in [2.45, 2.75) is 32.7 Å². The first kappa shape index (κ1) is 16.2. The van der Waals surface area contributed by atoms with E-state index in [1.807, 2.05) is 13.8 Å². The van der Waals surface area contributed by atoms with E-state index in [1.165, 1.54) is 18.2 Å². The molecule has 2 atom stereocenters. The van der Waals surface area contributed by atoms with Crippen LogP contribution in [0.3, 0.4) is 0 Å². The number of hydrogen-bond donors (Lipinski definition) is 1. The first-order valence-electron chi connectivity index (χ1n) is 7.42. The number of hydrogen-bond acceptors (Lipinski definition) is 2. The molecule has 22 heavy (non-hydrogen) atoms. The third kappa shape index (κ3) is 3.72. The van der Waals surface area contributed by atoms with Gasteiger partial charge in [0.05, 0.1) is 5.92 Å². The highest BCUT2D eigenvalue weighted by atomic mass is 19.1. The van der Waals surface area contributed by atoms with Crippen molar-refractivity contribution in [3.8, 4) is 0 Å². The second-order valence-electron chi connectivity index (χ2n) is 5.85. The van der Waals surface area contributed by atoms with Crippen LogP contribution in [0.5, 0.6) is 0 Å². The normalized spacial score (nSPS) is 22.5. The average Bonchev–Trinajstić information content (AvgIpc) is 2.47. The van der Waals surface area contributed by atoms with Crippen LogP contribution in [0.25, 0.3) is 5.57 Å². The number of carbonyl (C=O) groups is 2. The van der Waals surface area contributed by atoms with Crippen LogP contribution in [0.1, 0.15) is 32.3 Å². The molecule has 0 saturated carbocycles. The molecular formula is C17H21FN2O2. The van der Waals surface area contributed by atoms with E-state index >= 15 is 0 Å². The lowest BCUT2D eigenvalue weighted by atomic mass is 9.92. The molecule has 4 nitrogen and oxygen atoms in total. The van der Waals surface area contributed by atoms with E-state index in [4.69, 9.17) is 5.73 Å². The molecule has 0 aliphatic carbocycles. The van der Waals surface area contributed by atoms with E-state index < -0.39 is 0 Å². The van der Waals surface area contributed by atoms with Crippen LogP contribution in [0.2, 0.25) is 0 Å². The van der Waals surface area contributed by atoms with Crippen molar-refractivity contribution >= 4 is 17.4 Å². The summed E-state index contributed by atoms with van der Waals surface area (Å²) in [6.07, 6.45) is 3.02. The maximum absolute atomic E-state index is 12.9. The van der Waals surface area contributed by atoms with E-state index in [2.05, 4.69) is 0 Å². The number of carbonyl (C=O) groups excluding carboxylic acids is 2. The molecule has 2 N–H and O–H groups in total. The molecule has 1 aromatic carbocycles. The van der Waals surface area contributed by atoms with Gasteiger partial charge in [-0.25, -0.2) is 4.39 Å². The van der Waals surface area contributed by atoms with Gasteiger partial charge in [0.2, 0.25) is 11.8 Å². The molecule has 1 aromatic rings. The summed E-state index contributed by atoms with van der Waals surface area (Å²) >= 11 is 0. The summed E-state index contributed by atoms with van der Waals surface area (Å²) in [6.45, 7) is 4.14. The van der Waals surface area contributed by atoms with Crippen LogP contribution >= 0.6 is 0 Å². The van der Waals surface area contributed by atoms with Gasteiger partial charge >= 0.3 is 0 Å². The molecule has 1 fully saturated rings. The highest BCUT2D eigenvalue weighted by molar-refractivity contribution is 5.95. The molecule has 0 aromatic heterocycles. The minimum Gasteiger partial charge on any atom is -0.369 e. The Balaban J connectivity index is 2.13. The number of benzene rings is 1. The Bertz CT molecular complexity index is 595. The van der Waals surface area contributed by atoms with E-state index in [-0.39, 0.29) is 29.6 Å². The Morgan fingerprint density at radius 1 is 1.27 bits per heavy atom. The lowest BCUT2D eigenvalue weighted by molar-refractivity contribution is -0.133. The summed E-state index contributed by atoms with van der Waals surface area (Å²) in [6, 6.07) is 6.09. The zero-order chi connectivity index (χ0) is 16.3. The van der Waals surface area contributed by atoms with Gasteiger partial charge in [0.25, 0.3) is 0 Å². The SMILES string of the molecule is CC(=CC(=O)N1CC(C(N)=O)CCC1C)c1ccc(F)cc1. The quantitative estimate of drug-likeness (QED) is 0.871. The summed E-state index contributed by atoms with van der Waals surface area (Å²) < 4.78 is 12.9. The maximum atomic E-state index is 12.9. The fraction of sp³-hybridized carbons (Fsp3) is 0.412. The zero-order valence-corrected chi connectivity index (χ0v) is 12.9. The number of nitrogens with zero attached hydrogens (tertiary/aromatic N) is 1. The predicted molar refractivity (Wildman–Crippen MR) is 83.1 cm³/mol. The molecule has 1 aliphatic rings. The van der Waals surface area contributed by atoms with E-state index in [1.54, 1.807) is 17.0 Å². The topological polar surface area (TPSA) is 63.4 Å². The van der Waals surface area contributed by atoms with Crippen LogP contribution in [0.15, 0.2) is 30.3 Å². The van der Waals surface area contributed by atoms with Gasteiger partial charge in [-0.1, -0.05) is 12.1 Å². The Hall–Kier alpha value is -2.17. The van der Waals surface area contributed by atoms with Crippen LogP contribution in [0.4, 0.5) is 4.39 Å². The third-order valence-electron chi connectivity index (χ3n) is 4.21. The molecule has 2 amide bonds. The summed E-state index contributed by atoms with van der Waals surface area (Å²) in [5.41, 5.74) is 6.91. The Morgan fingerprint density at radius 3 is 2.50 bits per heavy atom. The molecular weight excluding hydrogens is 283 g/mol.